The average Bonchev–Trinajstić information content (AvgIpc) is 2.32. The Kier molecular flexibility index (Phi) is 5.63. The molecular formula is C16H22. The molecular weight excluding hydrogens is 192 g/mol. The molecule has 2 rings (SSSR count). The third-order valence-corrected chi connectivity index (χ3v) is 3.00. The molecule has 16 heavy (non-hydrogen) atoms. The largest absolute Gasteiger partial charge is 0.0998 e. The molecule has 0 aliphatic heterocycles. The second kappa shape index (κ2) is 7.05. The second-order valence-electron chi connectivity index (χ2n) is 4.52. The first-order valence-electron chi connectivity index (χ1n) is 6.01. The van der Waals surface area contributed by atoms with Gasteiger partial charge in [0.1, 0.15) is 0 Å². The van der Waals surface area contributed by atoms with Crippen molar-refractivity contribution in [2.24, 2.45) is 5.92 Å². The predicted octanol–water partition coefficient (Wildman–Crippen LogP) is 5.00. The Morgan fingerprint density at radius 1 is 1.12 bits per heavy atom. The smallest absolute Gasteiger partial charge is 0.0171 e. The number of hydrogen-bond acceptors (Lipinski definition) is 0. The first-order valence-corrected chi connectivity index (χ1v) is 6.01. The lowest BCUT2D eigenvalue weighted by Gasteiger charge is -2.19. The van der Waals surface area contributed by atoms with Crippen molar-refractivity contribution >= 4 is 0 Å². The zero-order valence-corrected chi connectivity index (χ0v) is 10.4. The average molecular weight is 214 g/mol. The van der Waals surface area contributed by atoms with E-state index in [0.717, 1.165) is 5.92 Å². The van der Waals surface area contributed by atoms with Crippen LogP contribution in [0.3, 0.4) is 0 Å². The third kappa shape index (κ3) is 4.97. The van der Waals surface area contributed by atoms with E-state index < -0.39 is 0 Å². The van der Waals surface area contributed by atoms with Crippen LogP contribution in [0.25, 0.3) is 0 Å². The fourth-order valence-corrected chi connectivity index (χ4v) is 1.80. The molecule has 0 saturated heterocycles. The monoisotopic (exact) mass is 214 g/mol. The summed E-state index contributed by atoms with van der Waals surface area (Å²) >= 11 is 0. The number of allylic oxidation sites excluding steroid dienone is 3. The highest BCUT2D eigenvalue weighted by molar-refractivity contribution is 5.09. The molecule has 0 fully saturated rings. The van der Waals surface area contributed by atoms with Crippen LogP contribution in [-0.4, -0.2) is 0 Å². The molecule has 1 aliphatic carbocycles. The molecule has 86 valence electrons. The second-order valence-corrected chi connectivity index (χ2v) is 4.52. The van der Waals surface area contributed by atoms with Gasteiger partial charge in [0.05, 0.1) is 0 Å². The normalized spacial score (nSPS) is 19.1. The molecule has 0 aromatic heterocycles. The maximum Gasteiger partial charge on any atom is -0.0171 e. The van der Waals surface area contributed by atoms with Gasteiger partial charge in [0.25, 0.3) is 0 Å². The minimum Gasteiger partial charge on any atom is -0.0998 e. The van der Waals surface area contributed by atoms with Crippen LogP contribution in [0.1, 0.15) is 33.1 Å². The molecule has 0 radical (unpaired) electrons. The van der Waals surface area contributed by atoms with Crippen molar-refractivity contribution in [2.75, 3.05) is 0 Å². The summed E-state index contributed by atoms with van der Waals surface area (Å²) in [5, 5.41) is 0. The van der Waals surface area contributed by atoms with Crippen LogP contribution in [0.15, 0.2) is 60.2 Å². The fourth-order valence-electron chi connectivity index (χ4n) is 1.80. The van der Waals surface area contributed by atoms with Crippen LogP contribution in [0.5, 0.6) is 0 Å². The van der Waals surface area contributed by atoms with Crippen molar-refractivity contribution in [1.29, 1.82) is 0 Å². The lowest BCUT2D eigenvalue weighted by molar-refractivity contribution is 0.540. The van der Waals surface area contributed by atoms with E-state index >= 15 is 0 Å². The molecule has 0 heterocycles. The van der Waals surface area contributed by atoms with Crippen LogP contribution in [0.4, 0.5) is 0 Å². The highest BCUT2D eigenvalue weighted by Gasteiger charge is 2.11. The minimum absolute atomic E-state index is 0.767. The summed E-state index contributed by atoms with van der Waals surface area (Å²) in [5.41, 5.74) is 2.90. The highest BCUT2D eigenvalue weighted by Crippen LogP contribution is 2.27. The van der Waals surface area contributed by atoms with Crippen LogP contribution in [-0.2, 0) is 0 Å². The van der Waals surface area contributed by atoms with Crippen LogP contribution in [0.2, 0.25) is 0 Å². The molecule has 0 amide bonds. The minimum atomic E-state index is 0.767. The van der Waals surface area contributed by atoms with Gasteiger partial charge >= 0.3 is 0 Å². The molecule has 1 aliphatic rings. The Labute approximate surface area is 99.7 Å². The summed E-state index contributed by atoms with van der Waals surface area (Å²) < 4.78 is 0. The van der Waals surface area contributed by atoms with Crippen molar-refractivity contribution in [3.8, 4) is 0 Å². The van der Waals surface area contributed by atoms with E-state index in [-0.39, 0.29) is 0 Å². The summed E-state index contributed by atoms with van der Waals surface area (Å²) in [7, 11) is 0. The van der Waals surface area contributed by atoms with Gasteiger partial charge in [-0.1, -0.05) is 60.2 Å². The molecule has 0 heteroatoms. The van der Waals surface area contributed by atoms with E-state index in [9.17, 15) is 0 Å². The summed E-state index contributed by atoms with van der Waals surface area (Å²) in [6.45, 7) is 8.33. The van der Waals surface area contributed by atoms with Gasteiger partial charge < -0.3 is 0 Å². The standard InChI is InChI=1S/C10H16.C6H6/c1-8(2)10-6-4-9(3)5-7-10;1-2-4-6-5-3-1/h4,10H,1,5-7H2,2-3H3;1-6H. The lowest BCUT2D eigenvalue weighted by Crippen LogP contribution is -2.04. The zero-order chi connectivity index (χ0) is 11.8. The van der Waals surface area contributed by atoms with Crippen molar-refractivity contribution in [2.45, 2.75) is 33.1 Å². The van der Waals surface area contributed by atoms with Gasteiger partial charge in [-0.15, -0.1) is 0 Å². The maximum absolute atomic E-state index is 3.97. The SMILES string of the molecule is C=C(C)C1CC=C(C)CC1.c1ccccc1. The quantitative estimate of drug-likeness (QED) is 0.577. The molecule has 1 atom stereocenters. The third-order valence-electron chi connectivity index (χ3n) is 3.00. The number of hydrogen-bond donors (Lipinski definition) is 0. The predicted molar refractivity (Wildman–Crippen MR) is 72.4 cm³/mol. The van der Waals surface area contributed by atoms with E-state index in [1.807, 2.05) is 36.4 Å². The van der Waals surface area contributed by atoms with Crippen molar-refractivity contribution < 1.29 is 0 Å². The van der Waals surface area contributed by atoms with Crippen LogP contribution < -0.4 is 0 Å². The Morgan fingerprint density at radius 3 is 1.94 bits per heavy atom. The Balaban J connectivity index is 0.000000181. The van der Waals surface area contributed by atoms with E-state index in [4.69, 9.17) is 0 Å². The summed E-state index contributed by atoms with van der Waals surface area (Å²) in [5.74, 6) is 0.767. The highest BCUT2D eigenvalue weighted by atomic mass is 14.2. The molecule has 0 nitrogen and oxygen atoms in total. The Hall–Kier alpha value is -1.30. The van der Waals surface area contributed by atoms with Crippen LogP contribution in [0, 0.1) is 5.92 Å². The molecule has 1 aromatic carbocycles. The molecule has 0 bridgehead atoms. The van der Waals surface area contributed by atoms with Crippen molar-refractivity contribution in [3.05, 3.63) is 60.2 Å². The van der Waals surface area contributed by atoms with Gasteiger partial charge in [-0.05, 0) is 39.0 Å². The molecule has 0 spiro atoms. The van der Waals surface area contributed by atoms with Crippen molar-refractivity contribution in [3.63, 3.8) is 0 Å². The topological polar surface area (TPSA) is 0 Å². The molecule has 1 unspecified atom stereocenters. The molecule has 0 saturated carbocycles. The van der Waals surface area contributed by atoms with Gasteiger partial charge in [-0.25, -0.2) is 0 Å². The molecule has 0 N–H and O–H groups in total. The van der Waals surface area contributed by atoms with E-state index in [2.05, 4.69) is 26.5 Å². The summed E-state index contributed by atoms with van der Waals surface area (Å²) in [4.78, 5) is 0. The lowest BCUT2D eigenvalue weighted by atomic mass is 9.86. The van der Waals surface area contributed by atoms with Gasteiger partial charge in [-0.2, -0.15) is 0 Å². The summed E-state index contributed by atoms with van der Waals surface area (Å²) in [6.07, 6.45) is 6.17. The van der Waals surface area contributed by atoms with Gasteiger partial charge in [0.15, 0.2) is 0 Å². The fraction of sp³-hybridized carbons (Fsp3) is 0.375. The number of rotatable bonds is 1. The van der Waals surface area contributed by atoms with E-state index in [1.165, 1.54) is 24.8 Å². The van der Waals surface area contributed by atoms with Gasteiger partial charge in [0, 0.05) is 0 Å². The zero-order valence-electron chi connectivity index (χ0n) is 10.4. The first-order chi connectivity index (χ1) is 7.70. The van der Waals surface area contributed by atoms with Crippen LogP contribution >= 0.6 is 0 Å². The summed E-state index contributed by atoms with van der Waals surface area (Å²) in [6, 6.07) is 12.0. The Bertz CT molecular complexity index is 306. The van der Waals surface area contributed by atoms with Gasteiger partial charge in [0.2, 0.25) is 0 Å². The molecule has 1 aromatic rings. The maximum atomic E-state index is 3.97. The Morgan fingerprint density at radius 2 is 1.62 bits per heavy atom. The number of benzene rings is 1. The first kappa shape index (κ1) is 12.8. The van der Waals surface area contributed by atoms with E-state index in [1.54, 1.807) is 5.57 Å². The van der Waals surface area contributed by atoms with E-state index in [0.29, 0.717) is 0 Å². The van der Waals surface area contributed by atoms with Crippen molar-refractivity contribution in [1.82, 2.24) is 0 Å². The van der Waals surface area contributed by atoms with Gasteiger partial charge in [-0.3, -0.25) is 0 Å².